The van der Waals surface area contributed by atoms with E-state index in [-0.39, 0.29) is 5.75 Å². The van der Waals surface area contributed by atoms with E-state index in [1.165, 1.54) is 19.2 Å². The Morgan fingerprint density at radius 3 is 2.59 bits per heavy atom. The Bertz CT molecular complexity index is 535. The zero-order valence-corrected chi connectivity index (χ0v) is 9.83. The first-order valence-corrected chi connectivity index (χ1v) is 5.31. The third-order valence-corrected chi connectivity index (χ3v) is 2.59. The first-order chi connectivity index (χ1) is 8.10. The van der Waals surface area contributed by atoms with Crippen molar-refractivity contribution >= 4 is 11.6 Å². The van der Waals surface area contributed by atoms with Crippen molar-refractivity contribution < 1.29 is 14.2 Å². The maximum atomic E-state index is 13.2. The van der Waals surface area contributed by atoms with Crippen LogP contribution in [0, 0.1) is 5.82 Å². The maximum absolute atomic E-state index is 13.2. The number of rotatable bonds is 2. The Hall–Kier alpha value is -1.74. The molecule has 0 unspecified atom stereocenters. The molecule has 88 valence electrons. The zero-order valence-electron chi connectivity index (χ0n) is 9.08. The fourth-order valence-corrected chi connectivity index (χ4v) is 1.80. The molecule has 1 N–H and O–H groups in total. The van der Waals surface area contributed by atoms with E-state index in [2.05, 4.69) is 0 Å². The van der Waals surface area contributed by atoms with Crippen LogP contribution in [0.1, 0.15) is 0 Å². The van der Waals surface area contributed by atoms with E-state index in [4.69, 9.17) is 16.3 Å². The minimum Gasteiger partial charge on any atom is -0.508 e. The smallest absolute Gasteiger partial charge is 0.128 e. The number of halogens is 2. The van der Waals surface area contributed by atoms with Crippen LogP contribution in [-0.2, 0) is 0 Å². The molecular weight excluding hydrogens is 243 g/mol. The molecule has 0 spiro atoms. The molecule has 2 aromatic rings. The molecule has 4 heteroatoms. The summed E-state index contributed by atoms with van der Waals surface area (Å²) in [4.78, 5) is 0. The van der Waals surface area contributed by atoms with Crippen molar-refractivity contribution in [3.63, 3.8) is 0 Å². The van der Waals surface area contributed by atoms with E-state index in [9.17, 15) is 9.50 Å². The molecule has 17 heavy (non-hydrogen) atoms. The van der Waals surface area contributed by atoms with Gasteiger partial charge in [-0.1, -0.05) is 11.6 Å². The quantitative estimate of drug-likeness (QED) is 0.879. The summed E-state index contributed by atoms with van der Waals surface area (Å²) in [6, 6.07) is 8.88. The lowest BCUT2D eigenvalue weighted by Gasteiger charge is -2.09. The highest BCUT2D eigenvalue weighted by atomic mass is 35.5. The molecule has 0 aliphatic carbocycles. The molecule has 0 aromatic heterocycles. The SMILES string of the molecule is COc1cc(Cl)ccc1-c1cc(O)cc(F)c1. The topological polar surface area (TPSA) is 29.5 Å². The van der Waals surface area contributed by atoms with Crippen molar-refractivity contribution in [1.82, 2.24) is 0 Å². The third-order valence-electron chi connectivity index (χ3n) is 2.36. The summed E-state index contributed by atoms with van der Waals surface area (Å²) in [7, 11) is 1.51. The summed E-state index contributed by atoms with van der Waals surface area (Å²) in [5.41, 5.74) is 1.21. The molecule has 0 saturated heterocycles. The standard InChI is InChI=1S/C13H10ClFO2/c1-17-13-6-9(14)2-3-12(13)8-4-10(15)7-11(16)5-8/h2-7,16H,1H3. The number of hydrogen-bond acceptors (Lipinski definition) is 2. The number of methoxy groups -OCH3 is 1. The number of aromatic hydroxyl groups is 1. The fourth-order valence-electron chi connectivity index (χ4n) is 1.63. The van der Waals surface area contributed by atoms with Gasteiger partial charge in [-0.15, -0.1) is 0 Å². The van der Waals surface area contributed by atoms with Crippen LogP contribution in [0.5, 0.6) is 11.5 Å². The van der Waals surface area contributed by atoms with Gasteiger partial charge in [0.05, 0.1) is 7.11 Å². The fraction of sp³-hybridized carbons (Fsp3) is 0.0769. The van der Waals surface area contributed by atoms with Crippen LogP contribution in [0.3, 0.4) is 0 Å². The third kappa shape index (κ3) is 2.50. The highest BCUT2D eigenvalue weighted by molar-refractivity contribution is 6.30. The van der Waals surface area contributed by atoms with Gasteiger partial charge in [0.15, 0.2) is 0 Å². The molecule has 0 bridgehead atoms. The van der Waals surface area contributed by atoms with Crippen LogP contribution in [0.4, 0.5) is 4.39 Å². The number of phenolic OH excluding ortho intramolecular Hbond substituents is 1. The minimum absolute atomic E-state index is 0.128. The van der Waals surface area contributed by atoms with Gasteiger partial charge in [-0.25, -0.2) is 4.39 Å². The Morgan fingerprint density at radius 1 is 1.18 bits per heavy atom. The number of ether oxygens (including phenoxy) is 1. The predicted octanol–water partition coefficient (Wildman–Crippen LogP) is 3.86. The van der Waals surface area contributed by atoms with Crippen LogP contribution in [-0.4, -0.2) is 12.2 Å². The minimum atomic E-state index is -0.503. The molecule has 2 nitrogen and oxygen atoms in total. The van der Waals surface area contributed by atoms with Gasteiger partial charge >= 0.3 is 0 Å². The molecule has 0 aliphatic heterocycles. The van der Waals surface area contributed by atoms with Gasteiger partial charge in [0.1, 0.15) is 17.3 Å². The van der Waals surface area contributed by atoms with Crippen LogP contribution < -0.4 is 4.74 Å². The van der Waals surface area contributed by atoms with Crippen molar-refractivity contribution in [3.8, 4) is 22.6 Å². The lowest BCUT2D eigenvalue weighted by molar-refractivity contribution is 0.416. The first-order valence-electron chi connectivity index (χ1n) is 4.93. The average Bonchev–Trinajstić information content (AvgIpc) is 2.27. The highest BCUT2D eigenvalue weighted by Gasteiger charge is 2.08. The van der Waals surface area contributed by atoms with Crippen molar-refractivity contribution in [2.75, 3.05) is 7.11 Å². The molecule has 0 heterocycles. The van der Waals surface area contributed by atoms with E-state index in [1.807, 2.05) is 0 Å². The van der Waals surface area contributed by atoms with Gasteiger partial charge in [-0.2, -0.15) is 0 Å². The summed E-state index contributed by atoms with van der Waals surface area (Å²) < 4.78 is 18.4. The molecule has 0 saturated carbocycles. The summed E-state index contributed by atoms with van der Waals surface area (Å²) in [5, 5.41) is 9.90. The Balaban J connectivity index is 2.59. The Morgan fingerprint density at radius 2 is 1.94 bits per heavy atom. The molecule has 0 fully saturated rings. The van der Waals surface area contributed by atoms with Gasteiger partial charge in [-0.3, -0.25) is 0 Å². The zero-order chi connectivity index (χ0) is 12.4. The second-order valence-corrected chi connectivity index (χ2v) is 3.98. The van der Waals surface area contributed by atoms with Crippen molar-refractivity contribution in [1.29, 1.82) is 0 Å². The van der Waals surface area contributed by atoms with E-state index in [1.54, 1.807) is 18.2 Å². The van der Waals surface area contributed by atoms with Crippen molar-refractivity contribution in [3.05, 3.63) is 47.2 Å². The monoisotopic (exact) mass is 252 g/mol. The van der Waals surface area contributed by atoms with Gasteiger partial charge < -0.3 is 9.84 Å². The van der Waals surface area contributed by atoms with E-state index in [0.717, 1.165) is 6.07 Å². The summed E-state index contributed by atoms with van der Waals surface area (Å²) in [5.74, 6) is -0.100. The normalized spacial score (nSPS) is 10.3. The predicted molar refractivity (Wildman–Crippen MR) is 65.1 cm³/mol. The Kier molecular flexibility index (Phi) is 3.20. The summed E-state index contributed by atoms with van der Waals surface area (Å²) in [6.07, 6.45) is 0. The molecule has 0 atom stereocenters. The molecular formula is C13H10ClFO2. The largest absolute Gasteiger partial charge is 0.508 e. The van der Waals surface area contributed by atoms with E-state index in [0.29, 0.717) is 21.9 Å². The second kappa shape index (κ2) is 4.63. The first kappa shape index (κ1) is 11.7. The molecule has 2 rings (SSSR count). The summed E-state index contributed by atoms with van der Waals surface area (Å²) in [6.45, 7) is 0. The van der Waals surface area contributed by atoms with E-state index < -0.39 is 5.82 Å². The van der Waals surface area contributed by atoms with Crippen LogP contribution >= 0.6 is 11.6 Å². The van der Waals surface area contributed by atoms with Gasteiger partial charge in [-0.05, 0) is 35.9 Å². The molecule has 0 amide bonds. The number of benzene rings is 2. The van der Waals surface area contributed by atoms with Gasteiger partial charge in [0.25, 0.3) is 0 Å². The van der Waals surface area contributed by atoms with Gasteiger partial charge in [0.2, 0.25) is 0 Å². The highest BCUT2D eigenvalue weighted by Crippen LogP contribution is 2.34. The molecule has 0 radical (unpaired) electrons. The average molecular weight is 253 g/mol. The lowest BCUT2D eigenvalue weighted by atomic mass is 10.0. The van der Waals surface area contributed by atoms with Crippen molar-refractivity contribution in [2.24, 2.45) is 0 Å². The van der Waals surface area contributed by atoms with Crippen LogP contribution in [0.2, 0.25) is 5.02 Å². The van der Waals surface area contributed by atoms with Crippen molar-refractivity contribution in [2.45, 2.75) is 0 Å². The van der Waals surface area contributed by atoms with Crippen LogP contribution in [0.15, 0.2) is 36.4 Å². The van der Waals surface area contributed by atoms with Crippen LogP contribution in [0.25, 0.3) is 11.1 Å². The van der Waals surface area contributed by atoms with Gasteiger partial charge in [0, 0.05) is 16.7 Å². The molecule has 0 aliphatic rings. The number of hydrogen-bond donors (Lipinski definition) is 1. The van der Waals surface area contributed by atoms with E-state index >= 15 is 0 Å². The Labute approximate surface area is 103 Å². The lowest BCUT2D eigenvalue weighted by Crippen LogP contribution is -1.88. The number of phenols is 1. The second-order valence-electron chi connectivity index (χ2n) is 3.54. The maximum Gasteiger partial charge on any atom is 0.128 e. The molecule has 2 aromatic carbocycles. The summed E-state index contributed by atoms with van der Waals surface area (Å²) >= 11 is 5.84.